The molecule has 0 aliphatic carbocycles. The van der Waals surface area contributed by atoms with Gasteiger partial charge in [0.05, 0.1) is 10.9 Å². The molecule has 1 atom stereocenters. The summed E-state index contributed by atoms with van der Waals surface area (Å²) in [4.78, 5) is 0.215. The lowest BCUT2D eigenvalue weighted by atomic mass is 10.0. The molecule has 0 unspecified atom stereocenters. The second-order valence-electron chi connectivity index (χ2n) is 6.15. The number of rotatable bonds is 3. The van der Waals surface area contributed by atoms with Crippen molar-refractivity contribution in [3.05, 3.63) is 87.6 Å². The van der Waals surface area contributed by atoms with E-state index in [1.54, 1.807) is 22.5 Å². The summed E-state index contributed by atoms with van der Waals surface area (Å²) >= 11 is 9.47. The van der Waals surface area contributed by atoms with Crippen LogP contribution in [0.3, 0.4) is 0 Å². The van der Waals surface area contributed by atoms with Crippen LogP contribution in [0.15, 0.2) is 76.2 Å². The van der Waals surface area contributed by atoms with Gasteiger partial charge in [0.15, 0.2) is 0 Å². The first-order chi connectivity index (χ1) is 12.5. The number of nitrogens with zero attached hydrogens (tertiary/aromatic N) is 2. The average molecular weight is 452 g/mol. The molecule has 2 aromatic carbocycles. The van der Waals surface area contributed by atoms with Gasteiger partial charge in [-0.05, 0) is 48.0 Å². The summed E-state index contributed by atoms with van der Waals surface area (Å²) in [5, 5.41) is 0.409. The molecular formula is C19H16BrClN2O2S. The molecule has 7 heteroatoms. The van der Waals surface area contributed by atoms with Crippen molar-refractivity contribution in [3.63, 3.8) is 0 Å². The molecule has 4 nitrogen and oxygen atoms in total. The smallest absolute Gasteiger partial charge is 0.244 e. The van der Waals surface area contributed by atoms with Gasteiger partial charge in [-0.1, -0.05) is 45.7 Å². The lowest BCUT2D eigenvalue weighted by molar-refractivity contribution is 0.298. The number of halogens is 2. The molecule has 26 heavy (non-hydrogen) atoms. The Kier molecular flexibility index (Phi) is 4.69. The second-order valence-corrected chi connectivity index (χ2v) is 9.40. The maximum Gasteiger partial charge on any atom is 0.244 e. The summed E-state index contributed by atoms with van der Waals surface area (Å²) in [5.41, 5.74) is 1.89. The summed E-state index contributed by atoms with van der Waals surface area (Å²) in [5.74, 6) is 0. The molecule has 0 saturated heterocycles. The number of hydrogen-bond donors (Lipinski definition) is 0. The van der Waals surface area contributed by atoms with Crippen molar-refractivity contribution < 1.29 is 8.42 Å². The molecule has 134 valence electrons. The van der Waals surface area contributed by atoms with Crippen LogP contribution >= 0.6 is 27.5 Å². The average Bonchev–Trinajstić information content (AvgIpc) is 3.10. The predicted molar refractivity (Wildman–Crippen MR) is 106 cm³/mol. The van der Waals surface area contributed by atoms with Crippen LogP contribution in [0.4, 0.5) is 0 Å². The highest BCUT2D eigenvalue weighted by atomic mass is 79.9. The zero-order chi connectivity index (χ0) is 18.3. The summed E-state index contributed by atoms with van der Waals surface area (Å²) in [6.45, 7) is 1.02. The molecule has 2 heterocycles. The van der Waals surface area contributed by atoms with E-state index < -0.39 is 10.0 Å². The van der Waals surface area contributed by atoms with Gasteiger partial charge < -0.3 is 4.57 Å². The number of benzene rings is 2. The molecule has 1 aromatic heterocycles. The van der Waals surface area contributed by atoms with Crippen LogP contribution in [0.5, 0.6) is 0 Å². The number of sulfonamides is 1. The first kappa shape index (κ1) is 17.8. The van der Waals surface area contributed by atoms with Gasteiger partial charge in [0.1, 0.15) is 0 Å². The SMILES string of the molecule is O=S(=O)(c1cccc(Cl)c1)N1CCn2cccc2[C@H]1c1ccc(Br)cc1. The first-order valence-electron chi connectivity index (χ1n) is 8.15. The van der Waals surface area contributed by atoms with Crippen molar-refractivity contribution in [3.8, 4) is 0 Å². The van der Waals surface area contributed by atoms with Gasteiger partial charge >= 0.3 is 0 Å². The van der Waals surface area contributed by atoms with Crippen molar-refractivity contribution in [1.29, 1.82) is 0 Å². The summed E-state index contributed by atoms with van der Waals surface area (Å²) in [6, 6.07) is 17.8. The van der Waals surface area contributed by atoms with Crippen LogP contribution in [0.1, 0.15) is 17.3 Å². The molecule has 0 fully saturated rings. The van der Waals surface area contributed by atoms with Crippen molar-refractivity contribution in [2.24, 2.45) is 0 Å². The monoisotopic (exact) mass is 450 g/mol. The van der Waals surface area contributed by atoms with Crippen LogP contribution in [-0.4, -0.2) is 23.8 Å². The Balaban J connectivity index is 1.85. The molecular weight excluding hydrogens is 436 g/mol. The lowest BCUT2D eigenvalue weighted by Gasteiger charge is -2.36. The highest BCUT2D eigenvalue weighted by Crippen LogP contribution is 2.37. The van der Waals surface area contributed by atoms with Crippen molar-refractivity contribution in [2.75, 3.05) is 6.54 Å². The maximum absolute atomic E-state index is 13.4. The van der Waals surface area contributed by atoms with Crippen LogP contribution in [0, 0.1) is 0 Å². The minimum atomic E-state index is -3.69. The molecule has 1 aliphatic rings. The van der Waals surface area contributed by atoms with Crippen LogP contribution in [0.2, 0.25) is 5.02 Å². The Morgan fingerprint density at radius 1 is 1.00 bits per heavy atom. The van der Waals surface area contributed by atoms with Gasteiger partial charge in [-0.2, -0.15) is 4.31 Å². The highest BCUT2D eigenvalue weighted by Gasteiger charge is 2.37. The zero-order valence-corrected chi connectivity index (χ0v) is 16.9. The van der Waals surface area contributed by atoms with E-state index in [4.69, 9.17) is 11.6 Å². The Morgan fingerprint density at radius 3 is 2.50 bits per heavy atom. The third kappa shape index (κ3) is 3.11. The van der Waals surface area contributed by atoms with E-state index in [1.807, 2.05) is 42.6 Å². The fourth-order valence-corrected chi connectivity index (χ4v) is 5.51. The van der Waals surface area contributed by atoms with Gasteiger partial charge in [-0.3, -0.25) is 0 Å². The number of aromatic nitrogens is 1. The molecule has 3 aromatic rings. The van der Waals surface area contributed by atoms with Gasteiger partial charge in [0.25, 0.3) is 0 Å². The summed E-state index contributed by atoms with van der Waals surface area (Å²) in [7, 11) is -3.69. The van der Waals surface area contributed by atoms with Gasteiger partial charge in [-0.25, -0.2) is 8.42 Å². The summed E-state index contributed by atoms with van der Waals surface area (Å²) < 4.78 is 31.4. The Morgan fingerprint density at radius 2 is 1.77 bits per heavy atom. The van der Waals surface area contributed by atoms with Gasteiger partial charge in [-0.15, -0.1) is 0 Å². The van der Waals surface area contributed by atoms with Gasteiger partial charge in [0.2, 0.25) is 10.0 Å². The Bertz CT molecular complexity index is 1050. The lowest BCUT2D eigenvalue weighted by Crippen LogP contribution is -2.42. The standard InChI is InChI=1S/C19H16BrClN2O2S/c20-15-8-6-14(7-9-15)19-18-5-2-10-22(18)11-12-23(19)26(24,25)17-4-1-3-16(21)13-17/h1-10,13,19H,11-12H2/t19-/m1/s1. The fourth-order valence-electron chi connectivity index (χ4n) is 3.37. The molecule has 0 saturated carbocycles. The number of hydrogen-bond acceptors (Lipinski definition) is 2. The van der Waals surface area contributed by atoms with Crippen molar-refractivity contribution >= 4 is 37.6 Å². The van der Waals surface area contributed by atoms with Crippen molar-refractivity contribution in [2.45, 2.75) is 17.5 Å². The van der Waals surface area contributed by atoms with Crippen LogP contribution < -0.4 is 0 Å². The van der Waals surface area contributed by atoms with E-state index in [1.165, 1.54) is 6.07 Å². The third-order valence-electron chi connectivity index (χ3n) is 4.58. The van der Waals surface area contributed by atoms with Crippen LogP contribution in [0.25, 0.3) is 0 Å². The van der Waals surface area contributed by atoms with E-state index in [2.05, 4.69) is 20.5 Å². The molecule has 1 aliphatic heterocycles. The van der Waals surface area contributed by atoms with Crippen LogP contribution in [-0.2, 0) is 16.6 Å². The Labute approximate surface area is 166 Å². The minimum Gasteiger partial charge on any atom is -0.348 e. The van der Waals surface area contributed by atoms with E-state index in [0.29, 0.717) is 18.1 Å². The summed E-state index contributed by atoms with van der Waals surface area (Å²) in [6.07, 6.45) is 1.99. The molecule has 0 bridgehead atoms. The molecule has 0 spiro atoms. The fraction of sp³-hybridized carbons (Fsp3) is 0.158. The molecule has 0 N–H and O–H groups in total. The molecule has 0 amide bonds. The predicted octanol–water partition coefficient (Wildman–Crippen LogP) is 4.70. The largest absolute Gasteiger partial charge is 0.348 e. The number of fused-ring (bicyclic) bond motifs is 1. The Hall–Kier alpha value is -1.60. The zero-order valence-electron chi connectivity index (χ0n) is 13.7. The maximum atomic E-state index is 13.4. The molecule has 4 rings (SSSR count). The van der Waals surface area contributed by atoms with Crippen molar-refractivity contribution in [1.82, 2.24) is 8.87 Å². The van der Waals surface area contributed by atoms with E-state index in [0.717, 1.165) is 15.7 Å². The molecule has 0 radical (unpaired) electrons. The topological polar surface area (TPSA) is 42.3 Å². The van der Waals surface area contributed by atoms with E-state index >= 15 is 0 Å². The quantitative estimate of drug-likeness (QED) is 0.579. The van der Waals surface area contributed by atoms with Gasteiger partial charge in [0, 0.05) is 34.5 Å². The minimum absolute atomic E-state index is 0.215. The highest BCUT2D eigenvalue weighted by molar-refractivity contribution is 9.10. The third-order valence-corrected chi connectivity index (χ3v) is 7.21. The first-order valence-corrected chi connectivity index (χ1v) is 10.8. The van der Waals surface area contributed by atoms with E-state index in [9.17, 15) is 8.42 Å². The van der Waals surface area contributed by atoms with E-state index in [-0.39, 0.29) is 10.9 Å². The normalized spacial score (nSPS) is 17.8. The second kappa shape index (κ2) is 6.85.